The smallest absolute Gasteiger partial charge is 0.0195 e. The van der Waals surface area contributed by atoms with Crippen LogP contribution in [0.5, 0.6) is 0 Å². The number of nitrogens with zero attached hydrogens (tertiary/aromatic N) is 1. The van der Waals surface area contributed by atoms with E-state index in [2.05, 4.69) is 24.1 Å². The molecular weight excluding hydrogens is 184 g/mol. The third-order valence-corrected chi connectivity index (χ3v) is 4.03. The third kappa shape index (κ3) is 2.94. The van der Waals surface area contributed by atoms with Gasteiger partial charge in [0.15, 0.2) is 0 Å². The molecule has 1 saturated carbocycles. The van der Waals surface area contributed by atoms with E-state index in [4.69, 9.17) is 0 Å². The average Bonchev–Trinajstić information content (AvgIpc) is 3.00. The molecule has 2 nitrogen and oxygen atoms in total. The largest absolute Gasteiger partial charge is 0.313 e. The molecule has 1 saturated heterocycles. The van der Waals surface area contributed by atoms with Crippen LogP contribution in [0.2, 0.25) is 0 Å². The normalized spacial score (nSPS) is 37.6. The minimum Gasteiger partial charge on any atom is -0.313 e. The van der Waals surface area contributed by atoms with Crippen molar-refractivity contribution in [3.05, 3.63) is 0 Å². The van der Waals surface area contributed by atoms with E-state index in [0.29, 0.717) is 0 Å². The van der Waals surface area contributed by atoms with Crippen molar-refractivity contribution < 1.29 is 0 Å². The Balaban J connectivity index is 1.83. The van der Waals surface area contributed by atoms with Gasteiger partial charge < -0.3 is 5.32 Å². The van der Waals surface area contributed by atoms with Gasteiger partial charge in [0.05, 0.1) is 0 Å². The predicted octanol–water partition coefficient (Wildman–Crippen LogP) is 2.25. The summed E-state index contributed by atoms with van der Waals surface area (Å²) in [6.07, 6.45) is 6.85. The van der Waals surface area contributed by atoms with E-state index >= 15 is 0 Å². The maximum atomic E-state index is 3.69. The number of nitrogens with one attached hydrogen (secondary N) is 1. The molecule has 3 unspecified atom stereocenters. The Hall–Kier alpha value is -0.0800. The molecule has 2 aliphatic rings. The summed E-state index contributed by atoms with van der Waals surface area (Å²) in [6, 6.07) is 1.70. The van der Waals surface area contributed by atoms with Gasteiger partial charge in [0, 0.05) is 18.6 Å². The topological polar surface area (TPSA) is 15.3 Å². The van der Waals surface area contributed by atoms with Crippen LogP contribution >= 0.6 is 0 Å². The van der Waals surface area contributed by atoms with Crippen molar-refractivity contribution in [2.75, 3.05) is 19.6 Å². The SMILES string of the molecule is CCCC1CN(C2CC2CC)CCCN1. The lowest BCUT2D eigenvalue weighted by atomic mass is 10.1. The molecule has 0 aromatic carbocycles. The van der Waals surface area contributed by atoms with Crippen molar-refractivity contribution in [1.82, 2.24) is 10.2 Å². The zero-order valence-corrected chi connectivity index (χ0v) is 10.3. The van der Waals surface area contributed by atoms with Crippen LogP contribution < -0.4 is 5.32 Å². The van der Waals surface area contributed by atoms with E-state index in [0.717, 1.165) is 18.0 Å². The lowest BCUT2D eigenvalue weighted by Gasteiger charge is -2.24. The Bertz CT molecular complexity index is 193. The Morgan fingerprint density at radius 3 is 2.87 bits per heavy atom. The first-order chi connectivity index (χ1) is 7.35. The van der Waals surface area contributed by atoms with E-state index < -0.39 is 0 Å². The molecule has 1 aliphatic carbocycles. The van der Waals surface area contributed by atoms with Gasteiger partial charge >= 0.3 is 0 Å². The fourth-order valence-electron chi connectivity index (χ4n) is 2.99. The van der Waals surface area contributed by atoms with Crippen LogP contribution in [0, 0.1) is 5.92 Å². The fraction of sp³-hybridized carbons (Fsp3) is 1.00. The summed E-state index contributed by atoms with van der Waals surface area (Å²) >= 11 is 0. The highest BCUT2D eigenvalue weighted by Crippen LogP contribution is 2.38. The van der Waals surface area contributed by atoms with Crippen molar-refractivity contribution in [1.29, 1.82) is 0 Å². The molecule has 0 radical (unpaired) electrons. The second-order valence-electron chi connectivity index (χ2n) is 5.26. The van der Waals surface area contributed by atoms with Crippen LogP contribution in [-0.2, 0) is 0 Å². The summed E-state index contributed by atoms with van der Waals surface area (Å²) in [5.41, 5.74) is 0. The average molecular weight is 210 g/mol. The lowest BCUT2D eigenvalue weighted by molar-refractivity contribution is 0.241. The molecule has 1 N–H and O–H groups in total. The van der Waals surface area contributed by atoms with Gasteiger partial charge in [-0.05, 0) is 38.3 Å². The van der Waals surface area contributed by atoms with Crippen molar-refractivity contribution in [3.8, 4) is 0 Å². The van der Waals surface area contributed by atoms with E-state index in [1.807, 2.05) is 0 Å². The maximum absolute atomic E-state index is 3.69. The maximum Gasteiger partial charge on any atom is 0.0195 e. The van der Waals surface area contributed by atoms with Gasteiger partial charge in [0.1, 0.15) is 0 Å². The van der Waals surface area contributed by atoms with Crippen molar-refractivity contribution in [2.45, 2.75) is 58.0 Å². The zero-order valence-electron chi connectivity index (χ0n) is 10.3. The Morgan fingerprint density at radius 1 is 1.33 bits per heavy atom. The summed E-state index contributed by atoms with van der Waals surface area (Å²) in [5.74, 6) is 1.02. The van der Waals surface area contributed by atoms with Gasteiger partial charge in [-0.15, -0.1) is 0 Å². The molecule has 0 aromatic rings. The van der Waals surface area contributed by atoms with E-state index in [-0.39, 0.29) is 0 Å². The van der Waals surface area contributed by atoms with E-state index in [9.17, 15) is 0 Å². The highest BCUT2D eigenvalue weighted by Gasteiger charge is 2.40. The van der Waals surface area contributed by atoms with Crippen LogP contribution in [-0.4, -0.2) is 36.6 Å². The minimum absolute atomic E-state index is 0.760. The van der Waals surface area contributed by atoms with Gasteiger partial charge in [-0.2, -0.15) is 0 Å². The molecule has 1 heterocycles. The Kier molecular flexibility index (Phi) is 4.04. The highest BCUT2D eigenvalue weighted by atomic mass is 15.2. The Morgan fingerprint density at radius 2 is 2.20 bits per heavy atom. The van der Waals surface area contributed by atoms with E-state index in [1.165, 1.54) is 51.7 Å². The molecule has 2 rings (SSSR count). The first kappa shape index (κ1) is 11.4. The number of rotatable bonds is 4. The van der Waals surface area contributed by atoms with Crippen LogP contribution in [0.3, 0.4) is 0 Å². The Labute approximate surface area is 94.4 Å². The summed E-state index contributed by atoms with van der Waals surface area (Å²) < 4.78 is 0. The van der Waals surface area contributed by atoms with Crippen LogP contribution in [0.1, 0.15) is 46.0 Å². The first-order valence-electron chi connectivity index (χ1n) is 6.82. The van der Waals surface area contributed by atoms with Gasteiger partial charge in [0.2, 0.25) is 0 Å². The highest BCUT2D eigenvalue weighted by molar-refractivity contribution is 4.96. The number of hydrogen-bond donors (Lipinski definition) is 1. The molecule has 88 valence electrons. The molecule has 2 fully saturated rings. The van der Waals surface area contributed by atoms with Crippen LogP contribution in [0.25, 0.3) is 0 Å². The van der Waals surface area contributed by atoms with Crippen molar-refractivity contribution in [2.24, 2.45) is 5.92 Å². The molecule has 1 aliphatic heterocycles. The minimum atomic E-state index is 0.760. The zero-order chi connectivity index (χ0) is 10.7. The van der Waals surface area contributed by atoms with Gasteiger partial charge in [-0.3, -0.25) is 4.90 Å². The molecule has 3 atom stereocenters. The van der Waals surface area contributed by atoms with Crippen molar-refractivity contribution in [3.63, 3.8) is 0 Å². The monoisotopic (exact) mass is 210 g/mol. The second-order valence-corrected chi connectivity index (χ2v) is 5.26. The molecule has 2 heteroatoms. The first-order valence-corrected chi connectivity index (χ1v) is 6.82. The van der Waals surface area contributed by atoms with Crippen LogP contribution in [0.15, 0.2) is 0 Å². The van der Waals surface area contributed by atoms with Crippen molar-refractivity contribution >= 4 is 0 Å². The number of hydrogen-bond acceptors (Lipinski definition) is 2. The lowest BCUT2D eigenvalue weighted by Crippen LogP contribution is -2.39. The molecule has 0 spiro atoms. The summed E-state index contributed by atoms with van der Waals surface area (Å²) in [4.78, 5) is 2.76. The van der Waals surface area contributed by atoms with Crippen LogP contribution in [0.4, 0.5) is 0 Å². The summed E-state index contributed by atoms with van der Waals surface area (Å²) in [6.45, 7) is 8.49. The summed E-state index contributed by atoms with van der Waals surface area (Å²) in [5, 5.41) is 3.69. The molecule has 0 aromatic heterocycles. The quantitative estimate of drug-likeness (QED) is 0.765. The van der Waals surface area contributed by atoms with Gasteiger partial charge in [-0.1, -0.05) is 26.7 Å². The molecule has 0 bridgehead atoms. The summed E-state index contributed by atoms with van der Waals surface area (Å²) in [7, 11) is 0. The second kappa shape index (κ2) is 5.31. The van der Waals surface area contributed by atoms with Gasteiger partial charge in [0.25, 0.3) is 0 Å². The molecular formula is C13H26N2. The fourth-order valence-corrected chi connectivity index (χ4v) is 2.99. The van der Waals surface area contributed by atoms with Gasteiger partial charge in [-0.25, -0.2) is 0 Å². The standard InChI is InChI=1S/C13H26N2/c1-3-6-12-10-15(8-5-7-14-12)13-9-11(13)4-2/h11-14H,3-10H2,1-2H3. The molecule has 0 amide bonds. The predicted molar refractivity (Wildman–Crippen MR) is 65.1 cm³/mol. The molecule has 15 heavy (non-hydrogen) atoms. The third-order valence-electron chi connectivity index (χ3n) is 4.03. The van der Waals surface area contributed by atoms with E-state index in [1.54, 1.807) is 0 Å².